The molecule has 84 valence electrons. The molecule has 0 amide bonds. The lowest BCUT2D eigenvalue weighted by Gasteiger charge is -2.17. The van der Waals surface area contributed by atoms with Crippen LogP contribution >= 0.6 is 7.60 Å². The van der Waals surface area contributed by atoms with Crippen LogP contribution in [-0.4, -0.2) is 22.1 Å². The SMILES string of the molecule is NC[C@H](NCc1ccccc1)P(=O)(O)O. The van der Waals surface area contributed by atoms with E-state index in [1.807, 2.05) is 30.3 Å². The van der Waals surface area contributed by atoms with Gasteiger partial charge in [0.25, 0.3) is 0 Å². The highest BCUT2D eigenvalue weighted by Crippen LogP contribution is 2.38. The lowest BCUT2D eigenvalue weighted by atomic mass is 10.2. The summed E-state index contributed by atoms with van der Waals surface area (Å²) in [5, 5.41) is 2.74. The molecule has 0 aliphatic rings. The zero-order valence-corrected chi connectivity index (χ0v) is 9.10. The van der Waals surface area contributed by atoms with Crippen LogP contribution in [0, 0.1) is 0 Å². The normalized spacial score (nSPS) is 13.8. The summed E-state index contributed by atoms with van der Waals surface area (Å²) in [6.07, 6.45) is 0. The first-order valence-corrected chi connectivity index (χ1v) is 6.25. The van der Waals surface area contributed by atoms with E-state index in [9.17, 15) is 4.57 Å². The Bertz CT molecular complexity index is 338. The molecule has 5 nitrogen and oxygen atoms in total. The Kier molecular flexibility index (Phi) is 4.45. The van der Waals surface area contributed by atoms with Crippen molar-refractivity contribution in [2.24, 2.45) is 5.73 Å². The zero-order chi connectivity index (χ0) is 11.3. The smallest absolute Gasteiger partial charge is 0.328 e. The highest BCUT2D eigenvalue weighted by molar-refractivity contribution is 7.52. The van der Waals surface area contributed by atoms with E-state index < -0.39 is 13.4 Å². The minimum Gasteiger partial charge on any atom is -0.328 e. The molecule has 6 heteroatoms. The van der Waals surface area contributed by atoms with Gasteiger partial charge in [-0.1, -0.05) is 30.3 Å². The van der Waals surface area contributed by atoms with Gasteiger partial charge in [0.15, 0.2) is 0 Å². The van der Waals surface area contributed by atoms with Crippen LogP contribution in [0.4, 0.5) is 0 Å². The largest absolute Gasteiger partial charge is 0.343 e. The maximum atomic E-state index is 10.9. The molecular weight excluding hydrogens is 215 g/mol. The Balaban J connectivity index is 2.53. The van der Waals surface area contributed by atoms with E-state index in [1.165, 1.54) is 0 Å². The standard InChI is InChI=1S/C9H15N2O3P/c10-6-9(15(12,13)14)11-7-8-4-2-1-3-5-8/h1-5,9,11H,6-7,10H2,(H2,12,13,14)/t9-/m1/s1. The van der Waals surface area contributed by atoms with Gasteiger partial charge in [-0.15, -0.1) is 0 Å². The molecule has 0 spiro atoms. The summed E-state index contributed by atoms with van der Waals surface area (Å²) in [5.41, 5.74) is 6.23. The summed E-state index contributed by atoms with van der Waals surface area (Å²) in [7, 11) is -4.15. The van der Waals surface area contributed by atoms with Gasteiger partial charge < -0.3 is 15.5 Å². The minimum atomic E-state index is -4.15. The highest BCUT2D eigenvalue weighted by Gasteiger charge is 2.26. The molecule has 0 saturated heterocycles. The van der Waals surface area contributed by atoms with Crippen molar-refractivity contribution >= 4 is 7.60 Å². The third-order valence-corrected chi connectivity index (χ3v) is 3.22. The quantitative estimate of drug-likeness (QED) is 0.543. The van der Waals surface area contributed by atoms with E-state index in [2.05, 4.69) is 5.32 Å². The second-order valence-electron chi connectivity index (χ2n) is 3.21. The van der Waals surface area contributed by atoms with Gasteiger partial charge in [-0.2, -0.15) is 0 Å². The molecule has 0 aromatic heterocycles. The van der Waals surface area contributed by atoms with Crippen LogP contribution in [0.2, 0.25) is 0 Å². The van der Waals surface area contributed by atoms with Gasteiger partial charge in [-0.25, -0.2) is 0 Å². The number of benzene rings is 1. The fourth-order valence-corrected chi connectivity index (χ4v) is 1.77. The van der Waals surface area contributed by atoms with E-state index in [0.717, 1.165) is 5.56 Å². The van der Waals surface area contributed by atoms with Crippen molar-refractivity contribution in [1.82, 2.24) is 5.32 Å². The van der Waals surface area contributed by atoms with Crippen LogP contribution in [0.25, 0.3) is 0 Å². The van der Waals surface area contributed by atoms with Gasteiger partial charge in [-0.3, -0.25) is 9.88 Å². The summed E-state index contributed by atoms with van der Waals surface area (Å²) in [6.45, 7) is 0.310. The average molecular weight is 230 g/mol. The summed E-state index contributed by atoms with van der Waals surface area (Å²) < 4.78 is 10.9. The van der Waals surface area contributed by atoms with Gasteiger partial charge in [0.05, 0.1) is 0 Å². The molecule has 0 heterocycles. The Morgan fingerprint density at radius 3 is 2.40 bits per heavy atom. The van der Waals surface area contributed by atoms with Crippen LogP contribution in [0.3, 0.4) is 0 Å². The monoisotopic (exact) mass is 230 g/mol. The first-order valence-electron chi connectivity index (χ1n) is 4.56. The first kappa shape index (κ1) is 12.4. The molecule has 15 heavy (non-hydrogen) atoms. The maximum Gasteiger partial charge on any atom is 0.343 e. The van der Waals surface area contributed by atoms with Crippen molar-refractivity contribution in [3.8, 4) is 0 Å². The summed E-state index contributed by atoms with van der Waals surface area (Å²) in [6, 6.07) is 9.37. The molecule has 0 unspecified atom stereocenters. The summed E-state index contributed by atoms with van der Waals surface area (Å²) in [4.78, 5) is 17.8. The second kappa shape index (κ2) is 5.39. The van der Waals surface area contributed by atoms with Crippen LogP contribution < -0.4 is 11.1 Å². The number of nitrogens with one attached hydrogen (secondary N) is 1. The topological polar surface area (TPSA) is 95.6 Å². The Morgan fingerprint density at radius 1 is 1.33 bits per heavy atom. The van der Waals surface area contributed by atoms with Crippen LogP contribution in [-0.2, 0) is 11.1 Å². The molecule has 1 rings (SSSR count). The lowest BCUT2D eigenvalue weighted by molar-refractivity contribution is 0.347. The van der Waals surface area contributed by atoms with Gasteiger partial charge in [0, 0.05) is 13.1 Å². The van der Waals surface area contributed by atoms with Gasteiger partial charge >= 0.3 is 7.60 Å². The zero-order valence-electron chi connectivity index (χ0n) is 8.21. The number of hydrogen-bond donors (Lipinski definition) is 4. The molecule has 1 aromatic carbocycles. The molecule has 0 bridgehead atoms. The maximum absolute atomic E-state index is 10.9. The van der Waals surface area contributed by atoms with E-state index >= 15 is 0 Å². The molecule has 0 radical (unpaired) electrons. The van der Waals surface area contributed by atoms with Gasteiger partial charge in [0.2, 0.25) is 0 Å². The van der Waals surface area contributed by atoms with Crippen molar-refractivity contribution in [2.75, 3.05) is 6.54 Å². The highest BCUT2D eigenvalue weighted by atomic mass is 31.2. The van der Waals surface area contributed by atoms with E-state index in [1.54, 1.807) is 0 Å². The van der Waals surface area contributed by atoms with E-state index in [4.69, 9.17) is 15.5 Å². The third kappa shape index (κ3) is 4.11. The molecular formula is C9H15N2O3P. The number of nitrogens with two attached hydrogens (primary N) is 1. The lowest BCUT2D eigenvalue weighted by Crippen LogP contribution is -2.35. The third-order valence-electron chi connectivity index (χ3n) is 2.01. The van der Waals surface area contributed by atoms with Crippen LogP contribution in [0.5, 0.6) is 0 Å². The fraction of sp³-hybridized carbons (Fsp3) is 0.333. The molecule has 1 aromatic rings. The molecule has 0 aliphatic carbocycles. The fourth-order valence-electron chi connectivity index (χ4n) is 1.17. The van der Waals surface area contributed by atoms with Crippen molar-refractivity contribution in [1.29, 1.82) is 0 Å². The van der Waals surface area contributed by atoms with Gasteiger partial charge in [-0.05, 0) is 5.56 Å². The predicted octanol–water partition coefficient (Wildman–Crippen LogP) is 0.239. The molecule has 0 saturated carbocycles. The van der Waals surface area contributed by atoms with E-state index in [-0.39, 0.29) is 6.54 Å². The van der Waals surface area contributed by atoms with Crippen molar-refractivity contribution in [3.63, 3.8) is 0 Å². The minimum absolute atomic E-state index is 0.0862. The van der Waals surface area contributed by atoms with Crippen molar-refractivity contribution < 1.29 is 14.4 Å². The predicted molar refractivity (Wildman–Crippen MR) is 58.2 cm³/mol. The number of rotatable bonds is 5. The van der Waals surface area contributed by atoms with Crippen molar-refractivity contribution in [3.05, 3.63) is 35.9 Å². The Labute approximate surface area is 88.5 Å². The summed E-state index contributed by atoms with van der Waals surface area (Å²) in [5.74, 6) is -0.974. The Hall–Kier alpha value is -0.710. The average Bonchev–Trinajstić information content (AvgIpc) is 2.18. The van der Waals surface area contributed by atoms with Crippen LogP contribution in [0.1, 0.15) is 5.56 Å². The van der Waals surface area contributed by atoms with Crippen LogP contribution in [0.15, 0.2) is 30.3 Å². The summed E-state index contributed by atoms with van der Waals surface area (Å²) >= 11 is 0. The first-order chi connectivity index (χ1) is 7.04. The number of hydrogen-bond acceptors (Lipinski definition) is 3. The van der Waals surface area contributed by atoms with E-state index in [0.29, 0.717) is 6.54 Å². The second-order valence-corrected chi connectivity index (χ2v) is 5.01. The van der Waals surface area contributed by atoms with Gasteiger partial charge in [0.1, 0.15) is 5.78 Å². The molecule has 5 N–H and O–H groups in total. The Morgan fingerprint density at radius 2 is 1.93 bits per heavy atom. The molecule has 1 atom stereocenters. The molecule has 0 aliphatic heterocycles. The molecule has 0 fully saturated rings. The van der Waals surface area contributed by atoms with Crippen molar-refractivity contribution in [2.45, 2.75) is 12.3 Å².